The number of aromatic amines is 1. The molecular formula is C17H18N6O. The van der Waals surface area contributed by atoms with Crippen LogP contribution in [-0.4, -0.2) is 49.5 Å². The summed E-state index contributed by atoms with van der Waals surface area (Å²) in [6.07, 6.45) is 6.52. The van der Waals surface area contributed by atoms with Gasteiger partial charge in [0.25, 0.3) is 5.91 Å². The number of fused-ring (bicyclic) bond motifs is 1. The van der Waals surface area contributed by atoms with E-state index in [2.05, 4.69) is 25.6 Å². The summed E-state index contributed by atoms with van der Waals surface area (Å²) in [6, 6.07) is 7.78. The minimum Gasteiger partial charge on any atom is -0.338 e. The van der Waals surface area contributed by atoms with Crippen LogP contribution in [-0.2, 0) is 0 Å². The molecule has 1 saturated carbocycles. The summed E-state index contributed by atoms with van der Waals surface area (Å²) >= 11 is 0. The summed E-state index contributed by atoms with van der Waals surface area (Å²) in [5.41, 5.74) is 0.678. The molecule has 1 aliphatic carbocycles. The highest BCUT2D eigenvalue weighted by Crippen LogP contribution is 2.36. The van der Waals surface area contributed by atoms with Crippen LogP contribution in [0.25, 0.3) is 10.8 Å². The standard InChI is InChI=1S/C17H18N6O/c1-23(15-4-2-3-14(15)16-19-21-22-20-16)17(24)12-6-5-11-7-8-18-10-13(11)9-12/h5-10,14-15H,2-4H2,1H3,(H,19,20,21,22). The number of nitrogens with one attached hydrogen (secondary N) is 1. The van der Waals surface area contributed by atoms with E-state index in [0.717, 1.165) is 30.0 Å². The Morgan fingerprint density at radius 1 is 1.25 bits per heavy atom. The number of benzene rings is 1. The molecule has 3 aromatic rings. The van der Waals surface area contributed by atoms with E-state index in [4.69, 9.17) is 0 Å². The van der Waals surface area contributed by atoms with Gasteiger partial charge in [0.05, 0.1) is 0 Å². The fourth-order valence-electron chi connectivity index (χ4n) is 3.60. The Balaban J connectivity index is 1.60. The molecule has 122 valence electrons. The number of aromatic nitrogens is 5. The highest BCUT2D eigenvalue weighted by Gasteiger charge is 2.36. The van der Waals surface area contributed by atoms with Crippen LogP contribution in [0.2, 0.25) is 0 Å². The number of rotatable bonds is 3. The van der Waals surface area contributed by atoms with Crippen LogP contribution in [0.3, 0.4) is 0 Å². The molecule has 1 aliphatic rings. The third kappa shape index (κ3) is 2.51. The molecule has 0 aliphatic heterocycles. The first-order valence-electron chi connectivity index (χ1n) is 8.08. The predicted molar refractivity (Wildman–Crippen MR) is 88.4 cm³/mol. The van der Waals surface area contributed by atoms with E-state index in [0.29, 0.717) is 11.4 Å². The maximum atomic E-state index is 12.9. The normalized spacial score (nSPS) is 20.4. The smallest absolute Gasteiger partial charge is 0.253 e. The number of tetrazole rings is 1. The Hall–Kier alpha value is -2.83. The Labute approximate surface area is 139 Å². The van der Waals surface area contributed by atoms with E-state index in [1.165, 1.54) is 0 Å². The fourth-order valence-corrected chi connectivity index (χ4v) is 3.60. The van der Waals surface area contributed by atoms with Gasteiger partial charge in [0.1, 0.15) is 0 Å². The first kappa shape index (κ1) is 14.7. The topological polar surface area (TPSA) is 87.7 Å². The maximum Gasteiger partial charge on any atom is 0.253 e. The molecule has 1 fully saturated rings. The Morgan fingerprint density at radius 3 is 3.00 bits per heavy atom. The van der Waals surface area contributed by atoms with Crippen molar-refractivity contribution in [1.29, 1.82) is 0 Å². The molecule has 2 atom stereocenters. The van der Waals surface area contributed by atoms with Gasteiger partial charge in [0.15, 0.2) is 5.82 Å². The summed E-state index contributed by atoms with van der Waals surface area (Å²) in [5, 5.41) is 16.4. The average molecular weight is 322 g/mol. The quantitative estimate of drug-likeness (QED) is 0.798. The SMILES string of the molecule is CN(C(=O)c1ccc2ccncc2c1)C1CCCC1c1nn[nH]n1. The summed E-state index contributed by atoms with van der Waals surface area (Å²) < 4.78 is 0. The molecule has 4 rings (SSSR count). The van der Waals surface area contributed by atoms with Gasteiger partial charge in [-0.05, 0) is 36.4 Å². The van der Waals surface area contributed by atoms with Crippen LogP contribution >= 0.6 is 0 Å². The lowest BCUT2D eigenvalue weighted by Crippen LogP contribution is -2.38. The largest absolute Gasteiger partial charge is 0.338 e. The van der Waals surface area contributed by atoms with E-state index < -0.39 is 0 Å². The molecule has 0 saturated heterocycles. The van der Waals surface area contributed by atoms with Crippen molar-refractivity contribution in [3.63, 3.8) is 0 Å². The minimum absolute atomic E-state index is 0.0150. The van der Waals surface area contributed by atoms with Gasteiger partial charge in [0.2, 0.25) is 0 Å². The van der Waals surface area contributed by atoms with Gasteiger partial charge in [-0.1, -0.05) is 17.7 Å². The Bertz CT molecular complexity index is 862. The van der Waals surface area contributed by atoms with Crippen molar-refractivity contribution in [3.8, 4) is 0 Å². The van der Waals surface area contributed by atoms with E-state index in [-0.39, 0.29) is 17.9 Å². The van der Waals surface area contributed by atoms with Gasteiger partial charge in [-0.2, -0.15) is 5.21 Å². The van der Waals surface area contributed by atoms with Crippen molar-refractivity contribution < 1.29 is 4.79 Å². The molecular weight excluding hydrogens is 304 g/mol. The lowest BCUT2D eigenvalue weighted by molar-refractivity contribution is 0.0720. The number of pyridine rings is 1. The molecule has 7 heteroatoms. The first-order valence-corrected chi connectivity index (χ1v) is 8.08. The number of nitrogens with zero attached hydrogens (tertiary/aromatic N) is 5. The van der Waals surface area contributed by atoms with E-state index in [1.54, 1.807) is 12.4 Å². The molecule has 2 aromatic heterocycles. The number of carbonyl (C=O) groups is 1. The molecule has 0 spiro atoms. The van der Waals surface area contributed by atoms with Crippen molar-refractivity contribution in [1.82, 2.24) is 30.5 Å². The summed E-state index contributed by atoms with van der Waals surface area (Å²) in [4.78, 5) is 18.9. The third-order valence-electron chi connectivity index (χ3n) is 4.88. The lowest BCUT2D eigenvalue weighted by Gasteiger charge is -2.28. The third-order valence-corrected chi connectivity index (χ3v) is 4.88. The molecule has 0 radical (unpaired) electrons. The van der Waals surface area contributed by atoms with Crippen molar-refractivity contribution >= 4 is 16.7 Å². The van der Waals surface area contributed by atoms with Crippen LogP contribution < -0.4 is 0 Å². The van der Waals surface area contributed by atoms with Crippen LogP contribution in [0.4, 0.5) is 0 Å². The monoisotopic (exact) mass is 322 g/mol. The zero-order valence-corrected chi connectivity index (χ0v) is 13.4. The molecule has 7 nitrogen and oxygen atoms in total. The lowest BCUT2D eigenvalue weighted by atomic mass is 10.0. The van der Waals surface area contributed by atoms with Crippen molar-refractivity contribution in [2.24, 2.45) is 0 Å². The number of hydrogen-bond donors (Lipinski definition) is 1. The average Bonchev–Trinajstić information content (AvgIpc) is 3.30. The van der Waals surface area contributed by atoms with Crippen LogP contribution in [0.5, 0.6) is 0 Å². The van der Waals surface area contributed by atoms with Crippen LogP contribution in [0, 0.1) is 0 Å². The predicted octanol–water partition coefficient (Wildman–Crippen LogP) is 2.16. The summed E-state index contributed by atoms with van der Waals surface area (Å²) in [6.45, 7) is 0. The van der Waals surface area contributed by atoms with E-state index in [9.17, 15) is 4.79 Å². The van der Waals surface area contributed by atoms with E-state index >= 15 is 0 Å². The van der Waals surface area contributed by atoms with Crippen molar-refractivity contribution in [2.45, 2.75) is 31.2 Å². The van der Waals surface area contributed by atoms with Crippen molar-refractivity contribution in [2.75, 3.05) is 7.05 Å². The van der Waals surface area contributed by atoms with Gasteiger partial charge in [-0.25, -0.2) is 0 Å². The molecule has 1 amide bonds. The number of amides is 1. The number of hydrogen-bond acceptors (Lipinski definition) is 5. The number of likely N-dealkylation sites (N-methyl/N-ethyl adjacent to an activating group) is 1. The zero-order chi connectivity index (χ0) is 16.5. The summed E-state index contributed by atoms with van der Waals surface area (Å²) in [7, 11) is 1.86. The van der Waals surface area contributed by atoms with Crippen molar-refractivity contribution in [3.05, 3.63) is 48.0 Å². The zero-order valence-electron chi connectivity index (χ0n) is 13.4. The molecule has 24 heavy (non-hydrogen) atoms. The fraction of sp³-hybridized carbons (Fsp3) is 0.353. The number of carbonyl (C=O) groups excluding carboxylic acids is 1. The number of H-pyrrole nitrogens is 1. The van der Waals surface area contributed by atoms with Gasteiger partial charge < -0.3 is 4.90 Å². The highest BCUT2D eigenvalue weighted by atomic mass is 16.2. The first-order chi connectivity index (χ1) is 11.7. The van der Waals surface area contributed by atoms with E-state index in [1.807, 2.05) is 36.2 Å². The second-order valence-corrected chi connectivity index (χ2v) is 6.23. The van der Waals surface area contributed by atoms with Gasteiger partial charge in [0, 0.05) is 42.4 Å². The Kier molecular flexibility index (Phi) is 3.68. The molecule has 2 heterocycles. The molecule has 1 aromatic carbocycles. The van der Waals surface area contributed by atoms with Gasteiger partial charge in [-0.15, -0.1) is 10.2 Å². The highest BCUT2D eigenvalue weighted by molar-refractivity contribution is 5.98. The van der Waals surface area contributed by atoms with Gasteiger partial charge in [-0.3, -0.25) is 9.78 Å². The molecule has 1 N–H and O–H groups in total. The summed E-state index contributed by atoms with van der Waals surface area (Å²) in [5.74, 6) is 0.848. The second kappa shape index (κ2) is 5.99. The van der Waals surface area contributed by atoms with Crippen LogP contribution in [0.15, 0.2) is 36.7 Å². The minimum atomic E-state index is 0.0150. The Morgan fingerprint density at radius 2 is 2.17 bits per heavy atom. The molecule has 0 bridgehead atoms. The maximum absolute atomic E-state index is 12.9. The second-order valence-electron chi connectivity index (χ2n) is 6.23. The molecule has 2 unspecified atom stereocenters. The van der Waals surface area contributed by atoms with Crippen LogP contribution in [0.1, 0.15) is 41.4 Å². The van der Waals surface area contributed by atoms with Gasteiger partial charge >= 0.3 is 0 Å².